The van der Waals surface area contributed by atoms with Crippen LogP contribution in [0.4, 0.5) is 20.3 Å². The van der Waals surface area contributed by atoms with Crippen molar-refractivity contribution < 1.29 is 18.3 Å². The maximum absolute atomic E-state index is 13.7. The SMILES string of the molecule is CC(C)NCCN(C)C(=O)c1cc(NCc2cc(F)cc(F)c2)c2nc(N3CCOCC3)cnc2c1. The van der Waals surface area contributed by atoms with Crippen molar-refractivity contribution in [1.82, 2.24) is 20.2 Å². The molecule has 2 N–H and O–H groups in total. The molecule has 0 radical (unpaired) electrons. The minimum atomic E-state index is -0.647. The lowest BCUT2D eigenvalue weighted by atomic mass is 10.1. The average Bonchev–Trinajstić information content (AvgIpc) is 2.86. The van der Waals surface area contributed by atoms with Gasteiger partial charge >= 0.3 is 0 Å². The number of benzene rings is 2. The van der Waals surface area contributed by atoms with E-state index in [9.17, 15) is 13.6 Å². The van der Waals surface area contributed by atoms with Crippen LogP contribution in [-0.2, 0) is 11.3 Å². The largest absolute Gasteiger partial charge is 0.379 e. The summed E-state index contributed by atoms with van der Waals surface area (Å²) in [4.78, 5) is 26.4. The molecule has 0 unspecified atom stereocenters. The molecular formula is C26H32F2N6O2. The Labute approximate surface area is 209 Å². The Hall–Kier alpha value is -3.37. The molecule has 192 valence electrons. The summed E-state index contributed by atoms with van der Waals surface area (Å²) in [6, 6.07) is 7.16. The predicted molar refractivity (Wildman–Crippen MR) is 136 cm³/mol. The number of nitrogens with zero attached hydrogens (tertiary/aromatic N) is 4. The molecule has 0 spiro atoms. The van der Waals surface area contributed by atoms with Gasteiger partial charge in [-0.25, -0.2) is 13.8 Å². The molecule has 1 aromatic heterocycles. The number of amides is 1. The van der Waals surface area contributed by atoms with Gasteiger partial charge in [0.25, 0.3) is 5.91 Å². The summed E-state index contributed by atoms with van der Waals surface area (Å²) in [5, 5.41) is 6.52. The summed E-state index contributed by atoms with van der Waals surface area (Å²) in [5.41, 5.74) is 2.59. The van der Waals surface area contributed by atoms with Gasteiger partial charge in [-0.3, -0.25) is 9.78 Å². The normalized spacial score (nSPS) is 13.9. The van der Waals surface area contributed by atoms with Crippen LogP contribution in [-0.4, -0.2) is 73.3 Å². The van der Waals surface area contributed by atoms with Crippen LogP contribution in [0.1, 0.15) is 29.8 Å². The standard InChI is InChI=1S/C26H32F2N6O2/c1-17(2)29-4-5-33(3)26(35)19-12-22(30-15-18-10-20(27)14-21(28)11-18)25-23(13-19)31-16-24(32-25)34-6-8-36-9-7-34/h10-14,16-17,29-30H,4-9,15H2,1-3H3. The van der Waals surface area contributed by atoms with Crippen LogP contribution in [0.2, 0.25) is 0 Å². The first-order valence-corrected chi connectivity index (χ1v) is 12.1. The van der Waals surface area contributed by atoms with Crippen molar-refractivity contribution in [2.45, 2.75) is 26.4 Å². The zero-order valence-electron chi connectivity index (χ0n) is 20.9. The summed E-state index contributed by atoms with van der Waals surface area (Å²) in [5.74, 6) is -0.735. The van der Waals surface area contributed by atoms with E-state index in [1.165, 1.54) is 12.1 Å². The fourth-order valence-corrected chi connectivity index (χ4v) is 4.06. The lowest BCUT2D eigenvalue weighted by Gasteiger charge is -2.27. The first-order valence-electron chi connectivity index (χ1n) is 12.1. The van der Waals surface area contributed by atoms with E-state index < -0.39 is 11.6 Å². The summed E-state index contributed by atoms with van der Waals surface area (Å²) in [7, 11) is 1.75. The molecule has 3 aromatic rings. The van der Waals surface area contributed by atoms with E-state index in [4.69, 9.17) is 9.72 Å². The Morgan fingerprint density at radius 3 is 2.56 bits per heavy atom. The van der Waals surface area contributed by atoms with E-state index in [0.717, 1.165) is 6.07 Å². The van der Waals surface area contributed by atoms with Gasteiger partial charge < -0.3 is 25.2 Å². The first-order chi connectivity index (χ1) is 17.3. The molecule has 0 aliphatic carbocycles. The smallest absolute Gasteiger partial charge is 0.253 e. The van der Waals surface area contributed by atoms with Gasteiger partial charge in [-0.05, 0) is 29.8 Å². The molecule has 1 aliphatic rings. The number of carbonyl (C=O) groups is 1. The summed E-state index contributed by atoms with van der Waals surface area (Å²) < 4.78 is 32.9. The minimum absolute atomic E-state index is 0.152. The van der Waals surface area contributed by atoms with Gasteiger partial charge in [0.05, 0.1) is 30.6 Å². The molecule has 36 heavy (non-hydrogen) atoms. The topological polar surface area (TPSA) is 82.6 Å². The number of rotatable bonds is 9. The van der Waals surface area contributed by atoms with Gasteiger partial charge in [0.15, 0.2) is 0 Å². The highest BCUT2D eigenvalue weighted by Gasteiger charge is 2.19. The van der Waals surface area contributed by atoms with Crippen LogP contribution in [0.3, 0.4) is 0 Å². The van der Waals surface area contributed by atoms with Crippen molar-refractivity contribution in [3.05, 3.63) is 59.3 Å². The van der Waals surface area contributed by atoms with Crippen molar-refractivity contribution in [1.29, 1.82) is 0 Å². The number of likely N-dealkylation sites (N-methyl/N-ethyl adjacent to an activating group) is 1. The third-order valence-electron chi connectivity index (χ3n) is 5.97. The maximum atomic E-state index is 13.7. The number of anilines is 2. The van der Waals surface area contributed by atoms with Gasteiger partial charge in [0.2, 0.25) is 0 Å². The molecule has 0 bridgehead atoms. The summed E-state index contributed by atoms with van der Waals surface area (Å²) in [6.45, 7) is 8.11. The average molecular weight is 499 g/mol. The highest BCUT2D eigenvalue weighted by Crippen LogP contribution is 2.27. The fourth-order valence-electron chi connectivity index (χ4n) is 4.06. The van der Waals surface area contributed by atoms with E-state index in [-0.39, 0.29) is 12.5 Å². The quantitative estimate of drug-likeness (QED) is 0.468. The Balaban J connectivity index is 1.65. The van der Waals surface area contributed by atoms with E-state index in [1.807, 2.05) is 0 Å². The molecule has 1 aliphatic heterocycles. The van der Waals surface area contributed by atoms with Gasteiger partial charge in [-0.2, -0.15) is 0 Å². The molecule has 1 amide bonds. The molecule has 1 saturated heterocycles. The zero-order valence-corrected chi connectivity index (χ0v) is 20.9. The second-order valence-corrected chi connectivity index (χ2v) is 9.19. The Kier molecular flexibility index (Phi) is 8.27. The first kappa shape index (κ1) is 25.7. The molecule has 0 saturated carbocycles. The maximum Gasteiger partial charge on any atom is 0.253 e. The molecule has 1 fully saturated rings. The molecule has 0 atom stereocenters. The van der Waals surface area contributed by atoms with Crippen molar-refractivity contribution in [3.63, 3.8) is 0 Å². The number of aromatic nitrogens is 2. The Bertz CT molecular complexity index is 1200. The highest BCUT2D eigenvalue weighted by atomic mass is 19.1. The number of carbonyl (C=O) groups excluding carboxylic acids is 1. The van der Waals surface area contributed by atoms with Gasteiger partial charge in [-0.1, -0.05) is 13.8 Å². The third-order valence-corrected chi connectivity index (χ3v) is 5.97. The van der Waals surface area contributed by atoms with E-state index >= 15 is 0 Å². The third kappa shape index (κ3) is 6.44. The van der Waals surface area contributed by atoms with Crippen molar-refractivity contribution >= 4 is 28.4 Å². The number of halogens is 2. The number of hydrogen-bond acceptors (Lipinski definition) is 7. The van der Waals surface area contributed by atoms with Crippen molar-refractivity contribution in [2.24, 2.45) is 0 Å². The second kappa shape index (κ2) is 11.6. The number of ether oxygens (including phenoxy) is 1. The molecular weight excluding hydrogens is 466 g/mol. The van der Waals surface area contributed by atoms with Crippen LogP contribution in [0.25, 0.3) is 11.0 Å². The monoisotopic (exact) mass is 498 g/mol. The van der Waals surface area contributed by atoms with Crippen LogP contribution in [0.15, 0.2) is 36.5 Å². The highest BCUT2D eigenvalue weighted by molar-refractivity contribution is 6.01. The molecule has 8 nitrogen and oxygen atoms in total. The lowest BCUT2D eigenvalue weighted by molar-refractivity contribution is 0.0795. The minimum Gasteiger partial charge on any atom is -0.379 e. The number of nitrogens with one attached hydrogen (secondary N) is 2. The number of morpholine rings is 1. The van der Waals surface area contributed by atoms with Crippen molar-refractivity contribution in [2.75, 3.05) is 56.7 Å². The Morgan fingerprint density at radius 2 is 1.86 bits per heavy atom. The molecule has 2 aromatic carbocycles. The van der Waals surface area contributed by atoms with E-state index in [2.05, 4.69) is 34.4 Å². The number of fused-ring (bicyclic) bond motifs is 1. The van der Waals surface area contributed by atoms with Crippen LogP contribution < -0.4 is 15.5 Å². The van der Waals surface area contributed by atoms with Gasteiger partial charge in [0.1, 0.15) is 23.0 Å². The lowest BCUT2D eigenvalue weighted by Crippen LogP contribution is -2.37. The second-order valence-electron chi connectivity index (χ2n) is 9.19. The molecule has 4 rings (SSSR count). The van der Waals surface area contributed by atoms with E-state index in [0.29, 0.717) is 79.1 Å². The summed E-state index contributed by atoms with van der Waals surface area (Å²) >= 11 is 0. The molecule has 10 heteroatoms. The fraction of sp³-hybridized carbons (Fsp3) is 0.423. The van der Waals surface area contributed by atoms with Gasteiger partial charge in [-0.15, -0.1) is 0 Å². The predicted octanol–water partition coefficient (Wildman–Crippen LogP) is 3.43. The Morgan fingerprint density at radius 1 is 1.14 bits per heavy atom. The van der Waals surface area contributed by atoms with Crippen LogP contribution in [0.5, 0.6) is 0 Å². The van der Waals surface area contributed by atoms with Crippen LogP contribution >= 0.6 is 0 Å². The van der Waals surface area contributed by atoms with E-state index in [1.54, 1.807) is 30.3 Å². The molecule has 2 heterocycles. The summed E-state index contributed by atoms with van der Waals surface area (Å²) in [6.07, 6.45) is 1.70. The zero-order chi connectivity index (χ0) is 25.7. The van der Waals surface area contributed by atoms with Gasteiger partial charge in [0, 0.05) is 57.4 Å². The van der Waals surface area contributed by atoms with Crippen LogP contribution in [0, 0.1) is 11.6 Å². The van der Waals surface area contributed by atoms with Crippen molar-refractivity contribution in [3.8, 4) is 0 Å². The number of hydrogen-bond donors (Lipinski definition) is 2.